The maximum Gasteiger partial charge on any atom is 0.330 e. The number of thioether (sulfide) groups is 1. The molecule has 0 bridgehead atoms. The van der Waals surface area contributed by atoms with E-state index in [0.29, 0.717) is 40.0 Å². The summed E-state index contributed by atoms with van der Waals surface area (Å²) < 4.78 is 21.3. The number of benzene rings is 1. The van der Waals surface area contributed by atoms with Crippen LogP contribution in [0.1, 0.15) is 17.1 Å². The van der Waals surface area contributed by atoms with Crippen molar-refractivity contribution in [3.8, 4) is 11.4 Å². The maximum atomic E-state index is 13.6. The lowest BCUT2D eigenvalue weighted by Crippen LogP contribution is -2.37. The summed E-state index contributed by atoms with van der Waals surface area (Å²) in [5.41, 5.74) is 0.998. The largest absolute Gasteiger partial charge is 0.338 e. The topological polar surface area (TPSA) is 82.9 Å². The standard InChI is InChI=1S/C17H17FN4O3S/c1-10-4-5-11(6-13(10)18)16-19-14(25-20-16)9-26-8-12-7-15(23)22(3)17(24)21(12)2/h4-7H,8-9H2,1-3H3. The third kappa shape index (κ3) is 3.62. The molecular formula is C17H17FN4O3S. The first-order chi connectivity index (χ1) is 12.4. The van der Waals surface area contributed by atoms with E-state index in [9.17, 15) is 14.0 Å². The number of hydrogen-bond donors (Lipinski definition) is 0. The molecule has 26 heavy (non-hydrogen) atoms. The molecular weight excluding hydrogens is 359 g/mol. The van der Waals surface area contributed by atoms with Crippen LogP contribution in [0.4, 0.5) is 4.39 Å². The minimum Gasteiger partial charge on any atom is -0.338 e. The second kappa shape index (κ2) is 7.28. The molecule has 136 valence electrons. The molecule has 0 unspecified atom stereocenters. The van der Waals surface area contributed by atoms with E-state index in [4.69, 9.17) is 4.52 Å². The number of halogens is 1. The summed E-state index contributed by atoms with van der Waals surface area (Å²) in [5.74, 6) is 1.23. The molecule has 0 atom stereocenters. The normalized spacial score (nSPS) is 11.1. The van der Waals surface area contributed by atoms with Gasteiger partial charge in [-0.1, -0.05) is 17.3 Å². The summed E-state index contributed by atoms with van der Waals surface area (Å²) in [5, 5.41) is 3.87. The summed E-state index contributed by atoms with van der Waals surface area (Å²) in [7, 11) is 3.06. The smallest absolute Gasteiger partial charge is 0.330 e. The van der Waals surface area contributed by atoms with Crippen LogP contribution in [0.25, 0.3) is 11.4 Å². The van der Waals surface area contributed by atoms with Gasteiger partial charge in [-0.2, -0.15) is 4.98 Å². The molecule has 0 saturated heterocycles. The predicted molar refractivity (Wildman–Crippen MR) is 96.4 cm³/mol. The molecule has 0 spiro atoms. The molecule has 0 N–H and O–H groups in total. The van der Waals surface area contributed by atoms with Crippen molar-refractivity contribution in [1.29, 1.82) is 0 Å². The van der Waals surface area contributed by atoms with Gasteiger partial charge in [-0.3, -0.25) is 13.9 Å². The van der Waals surface area contributed by atoms with Crippen LogP contribution in [0, 0.1) is 12.7 Å². The van der Waals surface area contributed by atoms with E-state index >= 15 is 0 Å². The van der Waals surface area contributed by atoms with Gasteiger partial charge in [0.05, 0.1) is 5.75 Å². The van der Waals surface area contributed by atoms with Crippen molar-refractivity contribution >= 4 is 11.8 Å². The highest BCUT2D eigenvalue weighted by Gasteiger charge is 2.11. The molecule has 3 rings (SSSR count). The van der Waals surface area contributed by atoms with Crippen LogP contribution in [-0.4, -0.2) is 19.3 Å². The van der Waals surface area contributed by atoms with Crippen LogP contribution in [0.3, 0.4) is 0 Å². The van der Waals surface area contributed by atoms with Crippen LogP contribution in [0.15, 0.2) is 38.4 Å². The van der Waals surface area contributed by atoms with Crippen molar-refractivity contribution in [3.63, 3.8) is 0 Å². The van der Waals surface area contributed by atoms with Gasteiger partial charge in [0.25, 0.3) is 5.56 Å². The highest BCUT2D eigenvalue weighted by atomic mass is 32.2. The zero-order valence-electron chi connectivity index (χ0n) is 14.5. The van der Waals surface area contributed by atoms with Crippen LogP contribution >= 0.6 is 11.8 Å². The average molecular weight is 376 g/mol. The lowest BCUT2D eigenvalue weighted by atomic mass is 10.1. The van der Waals surface area contributed by atoms with Crippen molar-refractivity contribution < 1.29 is 8.91 Å². The SMILES string of the molecule is Cc1ccc(-c2noc(CSCc3cc(=O)n(C)c(=O)n3C)n2)cc1F. The van der Waals surface area contributed by atoms with Crippen LogP contribution in [-0.2, 0) is 25.6 Å². The molecule has 0 aliphatic rings. The number of nitrogens with zero attached hydrogens (tertiary/aromatic N) is 4. The van der Waals surface area contributed by atoms with Gasteiger partial charge in [0.1, 0.15) is 5.82 Å². The molecule has 7 nitrogen and oxygen atoms in total. The van der Waals surface area contributed by atoms with Crippen LogP contribution < -0.4 is 11.2 Å². The highest BCUT2D eigenvalue weighted by Crippen LogP contribution is 2.21. The number of aromatic nitrogens is 4. The lowest BCUT2D eigenvalue weighted by molar-refractivity contribution is 0.391. The van der Waals surface area contributed by atoms with Gasteiger partial charge in [0.2, 0.25) is 11.7 Å². The highest BCUT2D eigenvalue weighted by molar-refractivity contribution is 7.97. The lowest BCUT2D eigenvalue weighted by Gasteiger charge is -2.08. The summed E-state index contributed by atoms with van der Waals surface area (Å²) in [6.07, 6.45) is 0. The molecule has 0 radical (unpaired) electrons. The van der Waals surface area contributed by atoms with Crippen molar-refractivity contribution in [2.75, 3.05) is 0 Å². The molecule has 0 saturated carbocycles. The summed E-state index contributed by atoms with van der Waals surface area (Å²) in [6.45, 7) is 1.68. The van der Waals surface area contributed by atoms with Gasteiger partial charge in [-0.25, -0.2) is 9.18 Å². The zero-order chi connectivity index (χ0) is 18.8. The van der Waals surface area contributed by atoms with Crippen molar-refractivity contribution in [3.05, 3.63) is 68.1 Å². The predicted octanol–water partition coefficient (Wildman–Crippen LogP) is 2.01. The molecule has 9 heteroatoms. The molecule has 0 aliphatic carbocycles. The quantitative estimate of drug-likeness (QED) is 0.677. The van der Waals surface area contributed by atoms with Crippen molar-refractivity contribution in [2.24, 2.45) is 14.1 Å². The fourth-order valence-electron chi connectivity index (χ4n) is 2.32. The fourth-order valence-corrected chi connectivity index (χ4v) is 3.20. The van der Waals surface area contributed by atoms with E-state index in [1.54, 1.807) is 26.1 Å². The monoisotopic (exact) mass is 376 g/mol. The number of aryl methyl sites for hydroxylation is 1. The Balaban J connectivity index is 1.68. The molecule has 1 aromatic carbocycles. The molecule has 2 aromatic heterocycles. The van der Waals surface area contributed by atoms with Gasteiger partial charge in [0.15, 0.2) is 0 Å². The minimum absolute atomic E-state index is 0.320. The maximum absolute atomic E-state index is 13.6. The van der Waals surface area contributed by atoms with E-state index in [2.05, 4.69) is 10.1 Å². The van der Waals surface area contributed by atoms with E-state index in [-0.39, 0.29) is 17.1 Å². The molecule has 0 fully saturated rings. The van der Waals surface area contributed by atoms with E-state index < -0.39 is 0 Å². The Morgan fingerprint density at radius 1 is 1.15 bits per heavy atom. The minimum atomic E-state index is -0.366. The van der Waals surface area contributed by atoms with Gasteiger partial charge in [-0.05, 0) is 18.6 Å². The van der Waals surface area contributed by atoms with Crippen LogP contribution in [0.5, 0.6) is 0 Å². The Labute approximate surface area is 152 Å². The first kappa shape index (κ1) is 18.1. The Morgan fingerprint density at radius 3 is 2.65 bits per heavy atom. The molecule has 3 aromatic rings. The second-order valence-electron chi connectivity index (χ2n) is 5.84. The number of hydrogen-bond acceptors (Lipinski definition) is 6. The summed E-state index contributed by atoms with van der Waals surface area (Å²) in [4.78, 5) is 27.9. The second-order valence-corrected chi connectivity index (χ2v) is 6.83. The first-order valence-corrected chi connectivity index (χ1v) is 8.95. The fraction of sp³-hybridized carbons (Fsp3) is 0.294. The molecule has 2 heterocycles. The first-order valence-electron chi connectivity index (χ1n) is 7.79. The van der Waals surface area contributed by atoms with Gasteiger partial charge in [0, 0.05) is 37.2 Å². The van der Waals surface area contributed by atoms with E-state index in [1.807, 2.05) is 0 Å². The molecule has 0 aliphatic heterocycles. The Hall–Kier alpha value is -2.68. The number of rotatable bonds is 5. The van der Waals surface area contributed by atoms with Crippen molar-refractivity contribution in [1.82, 2.24) is 19.3 Å². The van der Waals surface area contributed by atoms with Crippen molar-refractivity contribution in [2.45, 2.75) is 18.4 Å². The van der Waals surface area contributed by atoms with Gasteiger partial charge >= 0.3 is 5.69 Å². The Kier molecular flexibility index (Phi) is 5.08. The van der Waals surface area contributed by atoms with Gasteiger partial charge < -0.3 is 4.52 Å². The average Bonchev–Trinajstić information content (AvgIpc) is 3.09. The zero-order valence-corrected chi connectivity index (χ0v) is 15.3. The third-order valence-electron chi connectivity index (χ3n) is 4.00. The Morgan fingerprint density at radius 2 is 1.92 bits per heavy atom. The van der Waals surface area contributed by atoms with E-state index in [0.717, 1.165) is 4.57 Å². The Bertz CT molecular complexity index is 1070. The van der Waals surface area contributed by atoms with E-state index in [1.165, 1.54) is 35.5 Å². The van der Waals surface area contributed by atoms with Crippen LogP contribution in [0.2, 0.25) is 0 Å². The van der Waals surface area contributed by atoms with Gasteiger partial charge in [-0.15, -0.1) is 11.8 Å². The molecule has 0 amide bonds. The summed E-state index contributed by atoms with van der Waals surface area (Å²) >= 11 is 1.43. The third-order valence-corrected chi connectivity index (χ3v) is 4.95. The summed E-state index contributed by atoms with van der Waals surface area (Å²) in [6, 6.07) is 6.19.